The van der Waals surface area contributed by atoms with Crippen LogP contribution in [0.25, 0.3) is 81.6 Å². The summed E-state index contributed by atoms with van der Waals surface area (Å²) in [6, 6.07) is 59.7. The third-order valence-electron chi connectivity index (χ3n) is 10.6. The van der Waals surface area contributed by atoms with Gasteiger partial charge in [-0.3, -0.25) is 5.32 Å². The van der Waals surface area contributed by atoms with Gasteiger partial charge in [0.25, 0.3) is 0 Å². The van der Waals surface area contributed by atoms with E-state index in [0.29, 0.717) is 0 Å². The molecule has 3 aromatic heterocycles. The van der Waals surface area contributed by atoms with E-state index in [2.05, 4.69) is 184 Å². The number of fused-ring (bicyclic) bond motifs is 9. The molecule has 7 aromatic carbocycles. The van der Waals surface area contributed by atoms with Gasteiger partial charge in [0.2, 0.25) is 0 Å². The summed E-state index contributed by atoms with van der Waals surface area (Å²) < 4.78 is 6.17. The maximum absolute atomic E-state index is 3.90. The number of nitrogens with zero attached hydrogens (tertiary/aromatic N) is 2. The van der Waals surface area contributed by atoms with Crippen molar-refractivity contribution < 1.29 is 0 Å². The molecule has 4 nitrogen and oxygen atoms in total. The van der Waals surface area contributed by atoms with Gasteiger partial charge in [0, 0.05) is 48.7 Å². The lowest BCUT2D eigenvalue weighted by Gasteiger charge is -2.29. The third-order valence-corrected chi connectivity index (χ3v) is 11.8. The fourth-order valence-electron chi connectivity index (χ4n) is 8.23. The lowest BCUT2D eigenvalue weighted by atomic mass is 10.0. The molecule has 1 aliphatic heterocycles. The Morgan fingerprint density at radius 3 is 1.92 bits per heavy atom. The van der Waals surface area contributed by atoms with Crippen molar-refractivity contribution in [2.45, 2.75) is 12.8 Å². The predicted octanol–water partition coefficient (Wildman–Crippen LogP) is 12.1. The van der Waals surface area contributed by atoms with Crippen LogP contribution in [-0.2, 0) is 6.54 Å². The van der Waals surface area contributed by atoms with Crippen molar-refractivity contribution in [3.05, 3.63) is 169 Å². The van der Waals surface area contributed by atoms with Crippen LogP contribution in [-0.4, -0.2) is 9.13 Å². The molecule has 1 atom stereocenters. The molecule has 5 heteroatoms. The van der Waals surface area contributed by atoms with Crippen molar-refractivity contribution in [1.29, 1.82) is 0 Å². The Hall–Kier alpha value is -6.14. The molecule has 1 unspecified atom stereocenters. The van der Waals surface area contributed by atoms with Crippen molar-refractivity contribution in [1.82, 2.24) is 14.5 Å². The summed E-state index contributed by atoms with van der Waals surface area (Å²) in [4.78, 5) is 1.36. The van der Waals surface area contributed by atoms with E-state index in [0.717, 1.165) is 12.2 Å². The summed E-state index contributed by atoms with van der Waals surface area (Å²) in [5, 5.41) is 14.0. The van der Waals surface area contributed by atoms with Crippen molar-refractivity contribution in [2.75, 3.05) is 5.32 Å². The molecule has 4 heterocycles. The molecule has 0 saturated carbocycles. The molecule has 10 aromatic rings. The summed E-state index contributed by atoms with van der Waals surface area (Å²) in [6.45, 7) is 0.829. The van der Waals surface area contributed by atoms with E-state index in [1.807, 2.05) is 11.3 Å². The number of para-hydroxylation sites is 2. The summed E-state index contributed by atoms with van der Waals surface area (Å²) in [7, 11) is 0. The van der Waals surface area contributed by atoms with E-state index in [1.54, 1.807) is 0 Å². The number of hydrogen-bond acceptors (Lipinski definition) is 3. The van der Waals surface area contributed by atoms with Gasteiger partial charge in [-0.05, 0) is 70.8 Å². The zero-order valence-corrected chi connectivity index (χ0v) is 28.5. The van der Waals surface area contributed by atoms with Gasteiger partial charge in [-0.1, -0.05) is 115 Å². The molecule has 1 aliphatic rings. The number of anilines is 1. The molecule has 0 radical (unpaired) electrons. The number of hydrogen-bond donors (Lipinski definition) is 2. The maximum Gasteiger partial charge on any atom is 0.160 e. The minimum Gasteiger partial charge on any atom is -0.351 e. The number of nitrogens with one attached hydrogen (secondary N) is 2. The zero-order valence-electron chi connectivity index (χ0n) is 27.7. The summed E-state index contributed by atoms with van der Waals surface area (Å²) >= 11 is 1.87. The summed E-state index contributed by atoms with van der Waals surface area (Å²) in [6.07, 6.45) is -0.0816. The van der Waals surface area contributed by atoms with Crippen LogP contribution in [0.3, 0.4) is 0 Å². The SMILES string of the molecule is c1ccc(-c2ccc(-n3c4ccccc4c4cc(-c5ccc6c7ccccc7n(C7NCc8sc9ccccc9c8N7)c6c5)ccc43)cc2)cc1. The van der Waals surface area contributed by atoms with Gasteiger partial charge >= 0.3 is 0 Å². The highest BCUT2D eigenvalue weighted by Gasteiger charge is 2.25. The molecule has 0 bridgehead atoms. The lowest BCUT2D eigenvalue weighted by molar-refractivity contribution is 0.459. The smallest absolute Gasteiger partial charge is 0.160 e. The second-order valence-electron chi connectivity index (χ2n) is 13.4. The standard InChI is InChI=1S/C46H32N4S/c1-2-10-29(11-3-1)30-18-22-33(23-19-30)49-39-15-7-5-13-35(39)38-26-31(21-25-41(38)49)32-20-24-36-34-12-4-8-16-40(34)50(42(36)27-32)46-47-28-44-45(48-46)37-14-6-9-17-43(37)51-44/h1-27,46-48H,28H2. The largest absolute Gasteiger partial charge is 0.351 e. The zero-order chi connectivity index (χ0) is 33.5. The topological polar surface area (TPSA) is 33.9 Å². The van der Waals surface area contributed by atoms with Gasteiger partial charge < -0.3 is 14.5 Å². The van der Waals surface area contributed by atoms with Crippen LogP contribution in [0.15, 0.2) is 164 Å². The first-order chi connectivity index (χ1) is 25.3. The molecule has 0 spiro atoms. The Morgan fingerprint density at radius 1 is 0.471 bits per heavy atom. The molecule has 0 amide bonds. The molecule has 242 valence electrons. The van der Waals surface area contributed by atoms with Crippen LogP contribution < -0.4 is 10.6 Å². The molecule has 51 heavy (non-hydrogen) atoms. The summed E-state index contributed by atoms with van der Waals surface area (Å²) in [5.74, 6) is 0. The van der Waals surface area contributed by atoms with E-state index in [-0.39, 0.29) is 6.29 Å². The molecular weight excluding hydrogens is 641 g/mol. The van der Waals surface area contributed by atoms with Crippen LogP contribution >= 0.6 is 11.3 Å². The Morgan fingerprint density at radius 2 is 1.08 bits per heavy atom. The van der Waals surface area contributed by atoms with Crippen molar-refractivity contribution in [2.24, 2.45) is 0 Å². The monoisotopic (exact) mass is 672 g/mol. The molecular formula is C46H32N4S. The van der Waals surface area contributed by atoms with Crippen LogP contribution in [0.1, 0.15) is 11.2 Å². The quantitative estimate of drug-likeness (QED) is 0.195. The van der Waals surface area contributed by atoms with Crippen molar-refractivity contribution >= 4 is 70.7 Å². The third kappa shape index (κ3) is 4.42. The lowest BCUT2D eigenvalue weighted by Crippen LogP contribution is -2.36. The Balaban J connectivity index is 1.04. The number of rotatable bonds is 4. The fraction of sp³-hybridized carbons (Fsp3) is 0.0435. The Bertz CT molecular complexity index is 2950. The van der Waals surface area contributed by atoms with E-state index >= 15 is 0 Å². The van der Waals surface area contributed by atoms with E-state index in [4.69, 9.17) is 0 Å². The van der Waals surface area contributed by atoms with Gasteiger partial charge in [-0.25, -0.2) is 0 Å². The molecule has 2 N–H and O–H groups in total. The second kappa shape index (κ2) is 11.2. The minimum atomic E-state index is -0.0816. The molecule has 11 rings (SSSR count). The van der Waals surface area contributed by atoms with Gasteiger partial charge in [-0.15, -0.1) is 11.3 Å². The van der Waals surface area contributed by atoms with Crippen molar-refractivity contribution in [3.8, 4) is 27.9 Å². The summed E-state index contributed by atoms with van der Waals surface area (Å²) in [5.41, 5.74) is 12.1. The normalized spacial score (nSPS) is 14.5. The number of aromatic nitrogens is 2. The van der Waals surface area contributed by atoms with E-state index < -0.39 is 0 Å². The minimum absolute atomic E-state index is 0.0816. The Labute approximate surface area is 298 Å². The first-order valence-electron chi connectivity index (χ1n) is 17.5. The Kier molecular flexibility index (Phi) is 6.29. The predicted molar refractivity (Wildman–Crippen MR) is 216 cm³/mol. The van der Waals surface area contributed by atoms with Crippen molar-refractivity contribution in [3.63, 3.8) is 0 Å². The van der Waals surface area contributed by atoms with Gasteiger partial charge in [0.1, 0.15) is 0 Å². The van der Waals surface area contributed by atoms with Crippen LogP contribution in [0.5, 0.6) is 0 Å². The first-order valence-corrected chi connectivity index (χ1v) is 18.3. The van der Waals surface area contributed by atoms with Gasteiger partial charge in [0.05, 0.1) is 27.8 Å². The average Bonchev–Trinajstić information content (AvgIpc) is 3.85. The highest BCUT2D eigenvalue weighted by atomic mass is 32.1. The maximum atomic E-state index is 3.90. The molecule has 0 fully saturated rings. The van der Waals surface area contributed by atoms with Crippen LogP contribution in [0.2, 0.25) is 0 Å². The molecule has 0 saturated heterocycles. The van der Waals surface area contributed by atoms with E-state index in [9.17, 15) is 0 Å². The number of benzene rings is 7. The highest BCUT2D eigenvalue weighted by Crippen LogP contribution is 2.42. The number of thiophene rings is 1. The van der Waals surface area contributed by atoms with Gasteiger partial charge in [-0.2, -0.15) is 0 Å². The fourth-order valence-corrected chi connectivity index (χ4v) is 9.35. The molecule has 0 aliphatic carbocycles. The van der Waals surface area contributed by atoms with Crippen LogP contribution in [0, 0.1) is 0 Å². The van der Waals surface area contributed by atoms with E-state index in [1.165, 1.54) is 86.5 Å². The van der Waals surface area contributed by atoms with Crippen LogP contribution in [0.4, 0.5) is 5.69 Å². The van der Waals surface area contributed by atoms with Gasteiger partial charge in [0.15, 0.2) is 6.29 Å². The second-order valence-corrected chi connectivity index (χ2v) is 14.6. The highest BCUT2D eigenvalue weighted by molar-refractivity contribution is 7.19. The average molecular weight is 673 g/mol. The first kappa shape index (κ1) is 28.7.